The van der Waals surface area contributed by atoms with Crippen LogP contribution in [-0.4, -0.2) is 30.1 Å². The lowest BCUT2D eigenvalue weighted by molar-refractivity contribution is -0.253. The van der Waals surface area contributed by atoms with Crippen LogP contribution in [0.2, 0.25) is 0 Å². The SMILES string of the molecule is N[C@@]12CCC[C@@]3(N)CC1C[C@H](C2)C31OCCO1. The Morgan fingerprint density at radius 1 is 0.941 bits per heavy atom. The van der Waals surface area contributed by atoms with E-state index < -0.39 is 5.79 Å². The Balaban J connectivity index is 1.83. The molecule has 4 aliphatic rings. The van der Waals surface area contributed by atoms with E-state index in [4.69, 9.17) is 20.9 Å². The Morgan fingerprint density at radius 2 is 1.71 bits per heavy atom. The van der Waals surface area contributed by atoms with E-state index in [2.05, 4.69) is 0 Å². The number of nitrogens with two attached hydrogens (primary N) is 2. The zero-order valence-electron chi connectivity index (χ0n) is 10.3. The maximum atomic E-state index is 6.71. The summed E-state index contributed by atoms with van der Waals surface area (Å²) in [4.78, 5) is 0. The Bertz CT molecular complexity index is 355. The van der Waals surface area contributed by atoms with E-state index in [0.717, 1.165) is 38.5 Å². The van der Waals surface area contributed by atoms with E-state index in [1.54, 1.807) is 0 Å². The second kappa shape index (κ2) is 3.05. The molecule has 4 N–H and O–H groups in total. The number of ether oxygens (including phenoxy) is 2. The lowest BCUT2D eigenvalue weighted by Crippen LogP contribution is -2.66. The van der Waals surface area contributed by atoms with Gasteiger partial charge in [0, 0.05) is 11.5 Å². The minimum absolute atomic E-state index is 0.00456. The van der Waals surface area contributed by atoms with Crippen molar-refractivity contribution in [1.82, 2.24) is 0 Å². The fourth-order valence-corrected chi connectivity index (χ4v) is 5.12. The maximum absolute atomic E-state index is 6.71. The lowest BCUT2D eigenvalue weighted by Gasteiger charge is -2.50. The molecule has 17 heavy (non-hydrogen) atoms. The van der Waals surface area contributed by atoms with Crippen LogP contribution in [0.3, 0.4) is 0 Å². The van der Waals surface area contributed by atoms with Crippen molar-refractivity contribution in [3.05, 3.63) is 0 Å². The summed E-state index contributed by atoms with van der Waals surface area (Å²) >= 11 is 0. The smallest absolute Gasteiger partial charge is 0.189 e. The molecule has 3 saturated carbocycles. The first-order valence-electron chi connectivity index (χ1n) is 6.94. The molecule has 96 valence electrons. The number of rotatable bonds is 0. The molecule has 1 spiro atoms. The van der Waals surface area contributed by atoms with Crippen LogP contribution in [0, 0.1) is 11.8 Å². The van der Waals surface area contributed by atoms with Gasteiger partial charge >= 0.3 is 0 Å². The summed E-state index contributed by atoms with van der Waals surface area (Å²) < 4.78 is 12.1. The van der Waals surface area contributed by atoms with E-state index in [1.807, 2.05) is 0 Å². The summed E-state index contributed by atoms with van der Waals surface area (Å²) in [5.41, 5.74) is 13.0. The summed E-state index contributed by atoms with van der Waals surface area (Å²) in [5, 5.41) is 0. The Labute approximate surface area is 102 Å². The van der Waals surface area contributed by atoms with E-state index in [0.29, 0.717) is 25.0 Å². The van der Waals surface area contributed by atoms with Gasteiger partial charge in [0.1, 0.15) is 0 Å². The highest BCUT2D eigenvalue weighted by Gasteiger charge is 2.69. The van der Waals surface area contributed by atoms with Crippen molar-refractivity contribution in [3.8, 4) is 0 Å². The first-order chi connectivity index (χ1) is 8.08. The average molecular weight is 238 g/mol. The standard InChI is InChI=1S/C13H22N2O2/c14-11-2-1-3-12(15)8-9(11)6-10(7-11)13(12)16-4-5-17-13/h9-10H,1-8,14-15H2/t9?,10-,11-,12-/m1/s1. The van der Waals surface area contributed by atoms with Gasteiger partial charge in [0.15, 0.2) is 5.79 Å². The molecule has 4 rings (SSSR count). The van der Waals surface area contributed by atoms with Crippen molar-refractivity contribution < 1.29 is 9.47 Å². The largest absolute Gasteiger partial charge is 0.345 e. The van der Waals surface area contributed by atoms with Crippen LogP contribution in [-0.2, 0) is 9.47 Å². The summed E-state index contributed by atoms with van der Waals surface area (Å²) in [5.74, 6) is 0.489. The molecule has 1 unspecified atom stereocenters. The molecule has 0 radical (unpaired) electrons. The molecule has 4 heteroatoms. The second-order valence-corrected chi connectivity index (χ2v) is 6.65. The molecule has 4 atom stereocenters. The van der Waals surface area contributed by atoms with Crippen molar-refractivity contribution in [2.75, 3.05) is 13.2 Å². The minimum Gasteiger partial charge on any atom is -0.345 e. The molecule has 4 nitrogen and oxygen atoms in total. The predicted molar refractivity (Wildman–Crippen MR) is 63.2 cm³/mol. The predicted octanol–water partition coefficient (Wildman–Crippen LogP) is 0.738. The van der Waals surface area contributed by atoms with Gasteiger partial charge in [-0.15, -0.1) is 0 Å². The molecule has 0 amide bonds. The van der Waals surface area contributed by atoms with Gasteiger partial charge in [-0.3, -0.25) is 0 Å². The fraction of sp³-hybridized carbons (Fsp3) is 1.00. The molecule has 0 aromatic carbocycles. The highest BCUT2D eigenvalue weighted by molar-refractivity contribution is 5.20. The summed E-state index contributed by atoms with van der Waals surface area (Å²) in [6, 6.07) is 0. The zero-order valence-corrected chi connectivity index (χ0v) is 10.3. The lowest BCUT2D eigenvalue weighted by atomic mass is 9.69. The molecule has 3 bridgehead atoms. The van der Waals surface area contributed by atoms with Crippen LogP contribution in [0.1, 0.15) is 38.5 Å². The molecule has 0 aromatic rings. The summed E-state index contributed by atoms with van der Waals surface area (Å²) in [6.07, 6.45) is 6.42. The van der Waals surface area contributed by atoms with Crippen molar-refractivity contribution in [3.63, 3.8) is 0 Å². The van der Waals surface area contributed by atoms with E-state index in [-0.39, 0.29) is 11.1 Å². The first-order valence-corrected chi connectivity index (χ1v) is 6.94. The van der Waals surface area contributed by atoms with Crippen LogP contribution >= 0.6 is 0 Å². The normalized spacial score (nSPS) is 55.4. The van der Waals surface area contributed by atoms with Crippen LogP contribution in [0.5, 0.6) is 0 Å². The van der Waals surface area contributed by atoms with Gasteiger partial charge in [0.2, 0.25) is 0 Å². The van der Waals surface area contributed by atoms with Gasteiger partial charge in [-0.05, 0) is 44.4 Å². The molecular formula is C13H22N2O2. The van der Waals surface area contributed by atoms with Gasteiger partial charge in [-0.2, -0.15) is 0 Å². The van der Waals surface area contributed by atoms with E-state index in [1.165, 1.54) is 0 Å². The number of hydrogen-bond acceptors (Lipinski definition) is 4. The Hall–Kier alpha value is -0.160. The number of fused-ring (bicyclic) bond motifs is 4. The van der Waals surface area contributed by atoms with Crippen molar-refractivity contribution in [1.29, 1.82) is 0 Å². The average Bonchev–Trinajstić information content (AvgIpc) is 2.82. The van der Waals surface area contributed by atoms with Crippen LogP contribution in [0.4, 0.5) is 0 Å². The van der Waals surface area contributed by atoms with Crippen molar-refractivity contribution >= 4 is 0 Å². The van der Waals surface area contributed by atoms with Gasteiger partial charge in [-0.1, -0.05) is 0 Å². The first kappa shape index (κ1) is 10.7. The zero-order chi connectivity index (χ0) is 11.7. The molecule has 1 saturated heterocycles. The molecule has 1 aliphatic heterocycles. The maximum Gasteiger partial charge on any atom is 0.189 e. The third-order valence-corrected chi connectivity index (χ3v) is 5.83. The van der Waals surface area contributed by atoms with Crippen LogP contribution in [0.15, 0.2) is 0 Å². The minimum atomic E-state index is -0.509. The third-order valence-electron chi connectivity index (χ3n) is 5.83. The number of hydrogen-bond donors (Lipinski definition) is 2. The Kier molecular flexibility index (Phi) is 1.92. The topological polar surface area (TPSA) is 70.5 Å². The molecular weight excluding hydrogens is 216 g/mol. The van der Waals surface area contributed by atoms with Crippen LogP contribution < -0.4 is 11.5 Å². The second-order valence-electron chi connectivity index (χ2n) is 6.65. The third kappa shape index (κ3) is 1.13. The fourth-order valence-electron chi connectivity index (χ4n) is 5.12. The Morgan fingerprint density at radius 3 is 2.47 bits per heavy atom. The molecule has 4 fully saturated rings. The quantitative estimate of drug-likeness (QED) is 0.653. The van der Waals surface area contributed by atoms with Crippen molar-refractivity contribution in [2.45, 2.75) is 55.4 Å². The van der Waals surface area contributed by atoms with Gasteiger partial charge in [0.05, 0.1) is 18.8 Å². The monoisotopic (exact) mass is 238 g/mol. The van der Waals surface area contributed by atoms with Crippen molar-refractivity contribution in [2.24, 2.45) is 23.3 Å². The highest BCUT2D eigenvalue weighted by Crippen LogP contribution is 2.61. The summed E-state index contributed by atoms with van der Waals surface area (Å²) in [6.45, 7) is 1.38. The van der Waals surface area contributed by atoms with E-state index in [9.17, 15) is 0 Å². The molecule has 3 aliphatic carbocycles. The van der Waals surface area contributed by atoms with Crippen LogP contribution in [0.25, 0.3) is 0 Å². The molecule has 1 heterocycles. The van der Waals surface area contributed by atoms with Gasteiger partial charge in [0.25, 0.3) is 0 Å². The summed E-state index contributed by atoms with van der Waals surface area (Å²) in [7, 11) is 0. The molecule has 0 aromatic heterocycles. The van der Waals surface area contributed by atoms with Gasteiger partial charge in [-0.25, -0.2) is 0 Å². The highest BCUT2D eigenvalue weighted by atomic mass is 16.7. The van der Waals surface area contributed by atoms with E-state index >= 15 is 0 Å². The van der Waals surface area contributed by atoms with Gasteiger partial charge < -0.3 is 20.9 Å².